The molecule has 0 amide bonds. The molecule has 0 saturated carbocycles. The van der Waals surface area contributed by atoms with Gasteiger partial charge < -0.3 is 24.1 Å². The van der Waals surface area contributed by atoms with Crippen molar-refractivity contribution in [2.24, 2.45) is 0 Å². The van der Waals surface area contributed by atoms with E-state index in [1.54, 1.807) is 18.2 Å². The smallest absolute Gasteiger partial charge is 0.203 e. The van der Waals surface area contributed by atoms with Crippen LogP contribution in [0, 0.1) is 0 Å². The molecule has 0 aromatic heterocycles. The van der Waals surface area contributed by atoms with Crippen LogP contribution < -0.4 is 9.47 Å². The fourth-order valence-electron chi connectivity index (χ4n) is 1.45. The Morgan fingerprint density at radius 1 is 1.12 bits per heavy atom. The molecule has 3 rings (SSSR count). The van der Waals surface area contributed by atoms with Gasteiger partial charge in [-0.2, -0.15) is 0 Å². The van der Waals surface area contributed by atoms with E-state index in [-0.39, 0.29) is 18.0 Å². The van der Waals surface area contributed by atoms with Crippen molar-refractivity contribution in [2.75, 3.05) is 26.4 Å². The molecule has 2 aliphatic rings. The van der Waals surface area contributed by atoms with Crippen molar-refractivity contribution in [3.63, 3.8) is 0 Å². The number of hydrogen-bond donors (Lipinski definition) is 1. The highest BCUT2D eigenvalue weighted by molar-refractivity contribution is 5.50. The standard InChI is InChI=1S/C12H14O5/c13-10-2-1-3-11(16-6-8-4-14-8)12(10)17-7-9-5-15-9/h1-3,8-9,13H,4-7H2. The molecular weight excluding hydrogens is 224 g/mol. The summed E-state index contributed by atoms with van der Waals surface area (Å²) in [5, 5.41) is 9.73. The van der Waals surface area contributed by atoms with Crippen molar-refractivity contribution in [3.8, 4) is 17.2 Å². The third-order valence-corrected chi connectivity index (χ3v) is 2.60. The molecular formula is C12H14O5. The number of aromatic hydroxyl groups is 1. The molecule has 1 aromatic carbocycles. The van der Waals surface area contributed by atoms with Crippen LogP contribution in [0.15, 0.2) is 18.2 Å². The molecule has 2 atom stereocenters. The van der Waals surface area contributed by atoms with Gasteiger partial charge in [0.1, 0.15) is 25.4 Å². The van der Waals surface area contributed by atoms with Crippen molar-refractivity contribution in [1.29, 1.82) is 0 Å². The van der Waals surface area contributed by atoms with Gasteiger partial charge in [-0.05, 0) is 12.1 Å². The van der Waals surface area contributed by atoms with Crippen molar-refractivity contribution >= 4 is 0 Å². The molecule has 5 nitrogen and oxygen atoms in total. The maximum Gasteiger partial charge on any atom is 0.203 e. The highest BCUT2D eigenvalue weighted by Gasteiger charge is 2.26. The normalized spacial score (nSPS) is 25.4. The van der Waals surface area contributed by atoms with Crippen molar-refractivity contribution in [3.05, 3.63) is 18.2 Å². The summed E-state index contributed by atoms with van der Waals surface area (Å²) in [7, 11) is 0. The third kappa shape index (κ3) is 2.81. The quantitative estimate of drug-likeness (QED) is 0.747. The van der Waals surface area contributed by atoms with Crippen molar-refractivity contribution < 1.29 is 24.1 Å². The maximum absolute atomic E-state index is 9.73. The Morgan fingerprint density at radius 3 is 2.41 bits per heavy atom. The van der Waals surface area contributed by atoms with Crippen LogP contribution in [0.4, 0.5) is 0 Å². The summed E-state index contributed by atoms with van der Waals surface area (Å²) in [5.74, 6) is 1.00. The van der Waals surface area contributed by atoms with Crippen LogP contribution in [-0.4, -0.2) is 43.7 Å². The zero-order valence-electron chi connectivity index (χ0n) is 9.30. The summed E-state index contributed by atoms with van der Waals surface area (Å²) >= 11 is 0. The lowest BCUT2D eigenvalue weighted by Gasteiger charge is -2.12. The average molecular weight is 238 g/mol. The first-order valence-electron chi connectivity index (χ1n) is 5.63. The number of ether oxygens (including phenoxy) is 4. The number of phenols is 1. The number of para-hydroxylation sites is 1. The van der Waals surface area contributed by atoms with Gasteiger partial charge in [-0.25, -0.2) is 0 Å². The second-order valence-corrected chi connectivity index (χ2v) is 4.14. The predicted molar refractivity (Wildman–Crippen MR) is 58.6 cm³/mol. The monoisotopic (exact) mass is 238 g/mol. The molecule has 0 radical (unpaired) electrons. The van der Waals surface area contributed by atoms with E-state index in [0.717, 1.165) is 13.2 Å². The first-order chi connectivity index (χ1) is 8.33. The number of hydrogen-bond acceptors (Lipinski definition) is 5. The van der Waals surface area contributed by atoms with E-state index in [9.17, 15) is 5.11 Å². The lowest BCUT2D eigenvalue weighted by molar-refractivity contribution is 0.221. The molecule has 2 aliphatic heterocycles. The maximum atomic E-state index is 9.73. The summed E-state index contributed by atoms with van der Waals surface area (Å²) in [5.41, 5.74) is 0. The van der Waals surface area contributed by atoms with Gasteiger partial charge in [-0.1, -0.05) is 6.07 Å². The highest BCUT2D eigenvalue weighted by Crippen LogP contribution is 2.37. The van der Waals surface area contributed by atoms with Gasteiger partial charge in [0.05, 0.1) is 13.2 Å². The van der Waals surface area contributed by atoms with Crippen molar-refractivity contribution in [1.82, 2.24) is 0 Å². The van der Waals surface area contributed by atoms with Gasteiger partial charge in [0.2, 0.25) is 5.75 Å². The molecule has 0 spiro atoms. The van der Waals surface area contributed by atoms with E-state index >= 15 is 0 Å². The fourth-order valence-corrected chi connectivity index (χ4v) is 1.45. The summed E-state index contributed by atoms with van der Waals surface area (Å²) < 4.78 is 21.2. The van der Waals surface area contributed by atoms with E-state index in [2.05, 4.69) is 0 Å². The molecule has 0 aliphatic carbocycles. The molecule has 2 heterocycles. The molecule has 1 aromatic rings. The number of epoxide rings is 2. The van der Waals surface area contributed by atoms with Crippen LogP contribution in [0.25, 0.3) is 0 Å². The zero-order valence-corrected chi connectivity index (χ0v) is 9.30. The lowest BCUT2D eigenvalue weighted by Crippen LogP contribution is -2.08. The summed E-state index contributed by atoms with van der Waals surface area (Å²) in [6, 6.07) is 5.06. The van der Waals surface area contributed by atoms with E-state index in [1.807, 2.05) is 0 Å². The van der Waals surface area contributed by atoms with E-state index in [4.69, 9.17) is 18.9 Å². The molecule has 1 N–H and O–H groups in total. The van der Waals surface area contributed by atoms with Gasteiger partial charge >= 0.3 is 0 Å². The molecule has 92 valence electrons. The Morgan fingerprint density at radius 2 is 1.76 bits per heavy atom. The Bertz CT molecular complexity index is 398. The van der Waals surface area contributed by atoms with Crippen LogP contribution in [0.1, 0.15) is 0 Å². The van der Waals surface area contributed by atoms with Crippen LogP contribution >= 0.6 is 0 Å². The van der Waals surface area contributed by atoms with Gasteiger partial charge in [0, 0.05) is 0 Å². The molecule has 2 unspecified atom stereocenters. The van der Waals surface area contributed by atoms with Crippen LogP contribution in [0.2, 0.25) is 0 Å². The van der Waals surface area contributed by atoms with E-state index in [0.29, 0.717) is 24.7 Å². The minimum Gasteiger partial charge on any atom is -0.504 e. The predicted octanol–water partition coefficient (Wildman–Crippen LogP) is 0.947. The molecule has 2 fully saturated rings. The summed E-state index contributed by atoms with van der Waals surface area (Å²) in [6.07, 6.45) is 0.325. The van der Waals surface area contributed by atoms with Crippen LogP contribution in [0.5, 0.6) is 17.2 Å². The van der Waals surface area contributed by atoms with Gasteiger partial charge in [-0.15, -0.1) is 0 Å². The summed E-state index contributed by atoms with van der Waals surface area (Å²) in [4.78, 5) is 0. The van der Waals surface area contributed by atoms with Crippen LogP contribution in [0.3, 0.4) is 0 Å². The zero-order chi connectivity index (χ0) is 11.7. The van der Waals surface area contributed by atoms with Gasteiger partial charge in [0.25, 0.3) is 0 Å². The minimum atomic E-state index is 0.0832. The number of benzene rings is 1. The molecule has 0 bridgehead atoms. The fraction of sp³-hybridized carbons (Fsp3) is 0.500. The Balaban J connectivity index is 1.66. The largest absolute Gasteiger partial charge is 0.504 e. The topological polar surface area (TPSA) is 63.8 Å². The second kappa shape index (κ2) is 4.43. The SMILES string of the molecule is Oc1cccc(OCC2CO2)c1OCC1CO1. The highest BCUT2D eigenvalue weighted by atomic mass is 16.6. The second-order valence-electron chi connectivity index (χ2n) is 4.14. The first kappa shape index (κ1) is 10.7. The molecule has 5 heteroatoms. The van der Waals surface area contributed by atoms with Gasteiger partial charge in [-0.3, -0.25) is 0 Å². The molecule has 17 heavy (non-hydrogen) atoms. The first-order valence-corrected chi connectivity index (χ1v) is 5.63. The van der Waals surface area contributed by atoms with E-state index in [1.165, 1.54) is 0 Å². The average Bonchev–Trinajstić information content (AvgIpc) is 3.18. The number of phenolic OH excluding ortho intramolecular Hbond substituents is 1. The van der Waals surface area contributed by atoms with Crippen molar-refractivity contribution in [2.45, 2.75) is 12.2 Å². The Kier molecular flexibility index (Phi) is 2.78. The van der Waals surface area contributed by atoms with E-state index < -0.39 is 0 Å². The molecule has 2 saturated heterocycles. The Labute approximate surface area is 98.9 Å². The third-order valence-electron chi connectivity index (χ3n) is 2.60. The Hall–Kier alpha value is -1.46. The lowest BCUT2D eigenvalue weighted by atomic mass is 10.3. The number of rotatable bonds is 6. The minimum absolute atomic E-state index is 0.0832. The summed E-state index contributed by atoms with van der Waals surface area (Å²) in [6.45, 7) is 2.39. The van der Waals surface area contributed by atoms with Crippen LogP contribution in [-0.2, 0) is 9.47 Å². The van der Waals surface area contributed by atoms with Gasteiger partial charge in [0.15, 0.2) is 11.5 Å².